The summed E-state index contributed by atoms with van der Waals surface area (Å²) in [6.07, 6.45) is 1.64. The van der Waals surface area contributed by atoms with Crippen LogP contribution in [0.4, 0.5) is 11.4 Å². The fraction of sp³-hybridized carbons (Fsp3) is 0.300. The van der Waals surface area contributed by atoms with Crippen molar-refractivity contribution in [2.75, 3.05) is 30.4 Å². The average molecular weight is 494 g/mol. The van der Waals surface area contributed by atoms with Crippen LogP contribution in [-0.2, 0) is 30.7 Å². The molecule has 2 N–H and O–H groups in total. The molecular formula is C30H31N5O2. The van der Waals surface area contributed by atoms with Gasteiger partial charge in [-0.3, -0.25) is 9.59 Å². The Morgan fingerprint density at radius 2 is 1.89 bits per heavy atom. The molecule has 0 aromatic heterocycles. The molecule has 188 valence electrons. The number of hydrogen-bond acceptors (Lipinski definition) is 5. The van der Waals surface area contributed by atoms with Gasteiger partial charge in [0.15, 0.2) is 0 Å². The number of nitrogens with one attached hydrogen (secondary N) is 2. The molecule has 7 heteroatoms. The Bertz CT molecular complexity index is 1390. The molecule has 0 saturated carbocycles. The standard InChI is InChI=1S/C30H31N5O2/c1-3-35-27-14-20(17-31)7-8-23(27)16-28(35)30(37)32-18-21-5-4-6-24(13-21)29(36)33-26-10-9-22-11-12-34(2)19-25(22)15-26/h4-10,13-15,28H,3,11-12,16,18-19H2,1-2H3,(H,32,37)(H,33,36). The number of benzene rings is 3. The van der Waals surface area contributed by atoms with Crippen molar-refractivity contribution in [1.29, 1.82) is 5.26 Å². The molecule has 7 nitrogen and oxygen atoms in total. The number of rotatable bonds is 6. The van der Waals surface area contributed by atoms with Gasteiger partial charge in [-0.2, -0.15) is 5.26 Å². The van der Waals surface area contributed by atoms with Crippen LogP contribution in [0.5, 0.6) is 0 Å². The second kappa shape index (κ2) is 10.5. The maximum atomic E-state index is 13.1. The van der Waals surface area contributed by atoms with E-state index in [1.54, 1.807) is 12.1 Å². The third kappa shape index (κ3) is 5.20. The van der Waals surface area contributed by atoms with E-state index in [-0.39, 0.29) is 17.9 Å². The molecule has 0 bridgehead atoms. The lowest BCUT2D eigenvalue weighted by Gasteiger charge is -2.25. The van der Waals surface area contributed by atoms with E-state index in [2.05, 4.69) is 40.8 Å². The lowest BCUT2D eigenvalue weighted by molar-refractivity contribution is -0.122. The van der Waals surface area contributed by atoms with E-state index in [0.717, 1.165) is 42.0 Å². The SMILES string of the molecule is CCN1c2cc(C#N)ccc2CC1C(=O)NCc1cccc(C(=O)Nc2ccc3c(c2)CN(C)CC3)c1. The van der Waals surface area contributed by atoms with Gasteiger partial charge in [0.1, 0.15) is 6.04 Å². The predicted molar refractivity (Wildman–Crippen MR) is 144 cm³/mol. The quantitative estimate of drug-likeness (QED) is 0.544. The van der Waals surface area contributed by atoms with E-state index < -0.39 is 0 Å². The van der Waals surface area contributed by atoms with Crippen molar-refractivity contribution in [2.24, 2.45) is 0 Å². The minimum Gasteiger partial charge on any atom is -0.359 e. The van der Waals surface area contributed by atoms with E-state index in [4.69, 9.17) is 0 Å². The molecule has 0 aliphatic carbocycles. The summed E-state index contributed by atoms with van der Waals surface area (Å²) < 4.78 is 0. The van der Waals surface area contributed by atoms with Crippen LogP contribution in [0.2, 0.25) is 0 Å². The van der Waals surface area contributed by atoms with Gasteiger partial charge in [-0.05, 0) is 79.0 Å². The summed E-state index contributed by atoms with van der Waals surface area (Å²) in [5.74, 6) is -0.237. The summed E-state index contributed by atoms with van der Waals surface area (Å²) in [5, 5.41) is 15.3. The van der Waals surface area contributed by atoms with Crippen molar-refractivity contribution >= 4 is 23.2 Å². The summed E-state index contributed by atoms with van der Waals surface area (Å²) in [4.78, 5) is 30.4. The molecule has 0 fully saturated rings. The average Bonchev–Trinajstić information content (AvgIpc) is 3.29. The third-order valence-electron chi connectivity index (χ3n) is 7.28. The molecular weight excluding hydrogens is 462 g/mol. The maximum Gasteiger partial charge on any atom is 0.255 e. The van der Waals surface area contributed by atoms with Gasteiger partial charge in [0.25, 0.3) is 5.91 Å². The lowest BCUT2D eigenvalue weighted by Crippen LogP contribution is -2.45. The summed E-state index contributed by atoms with van der Waals surface area (Å²) in [5.41, 5.74) is 7.41. The van der Waals surface area contributed by atoms with Crippen LogP contribution >= 0.6 is 0 Å². The molecule has 0 radical (unpaired) electrons. The topological polar surface area (TPSA) is 88.5 Å². The van der Waals surface area contributed by atoms with Gasteiger partial charge in [-0.1, -0.05) is 24.3 Å². The number of likely N-dealkylation sites (N-methyl/N-ethyl adjacent to an activating group) is 2. The number of hydrogen-bond donors (Lipinski definition) is 2. The molecule has 3 aromatic rings. The zero-order chi connectivity index (χ0) is 25.9. The Labute approximate surface area is 217 Å². The van der Waals surface area contributed by atoms with Gasteiger partial charge >= 0.3 is 0 Å². The molecule has 2 aliphatic rings. The van der Waals surface area contributed by atoms with Crippen LogP contribution in [0, 0.1) is 11.3 Å². The van der Waals surface area contributed by atoms with Crippen molar-refractivity contribution in [2.45, 2.75) is 38.9 Å². The smallest absolute Gasteiger partial charge is 0.255 e. The molecule has 37 heavy (non-hydrogen) atoms. The summed E-state index contributed by atoms with van der Waals surface area (Å²) in [7, 11) is 2.11. The second-order valence-corrected chi connectivity index (χ2v) is 9.80. The molecule has 0 spiro atoms. The Balaban J connectivity index is 1.22. The van der Waals surface area contributed by atoms with E-state index >= 15 is 0 Å². The Morgan fingerprint density at radius 1 is 1.05 bits per heavy atom. The highest BCUT2D eigenvalue weighted by atomic mass is 16.2. The zero-order valence-electron chi connectivity index (χ0n) is 21.3. The van der Waals surface area contributed by atoms with Gasteiger partial charge in [0.2, 0.25) is 5.91 Å². The highest BCUT2D eigenvalue weighted by Gasteiger charge is 2.33. The number of amides is 2. The van der Waals surface area contributed by atoms with Gasteiger partial charge < -0.3 is 20.4 Å². The maximum absolute atomic E-state index is 13.1. The molecule has 2 aliphatic heterocycles. The number of carbonyl (C=O) groups is 2. The van der Waals surface area contributed by atoms with Gasteiger partial charge in [-0.25, -0.2) is 0 Å². The lowest BCUT2D eigenvalue weighted by atomic mass is 9.99. The van der Waals surface area contributed by atoms with Gasteiger partial charge in [0, 0.05) is 49.5 Å². The van der Waals surface area contributed by atoms with E-state index in [9.17, 15) is 14.9 Å². The number of carbonyl (C=O) groups excluding carboxylic acids is 2. The molecule has 2 heterocycles. The first-order valence-corrected chi connectivity index (χ1v) is 12.7. The van der Waals surface area contributed by atoms with Crippen LogP contribution in [0.1, 0.15) is 45.1 Å². The first-order valence-electron chi connectivity index (χ1n) is 12.7. The summed E-state index contributed by atoms with van der Waals surface area (Å²) in [6.45, 7) is 4.95. The fourth-order valence-electron chi connectivity index (χ4n) is 5.29. The number of anilines is 2. The van der Waals surface area contributed by atoms with Crippen LogP contribution in [0.15, 0.2) is 60.7 Å². The largest absolute Gasteiger partial charge is 0.359 e. The molecule has 1 atom stereocenters. The minimum atomic E-state index is -0.316. The predicted octanol–water partition coefficient (Wildman–Crippen LogP) is 3.87. The normalized spacial score (nSPS) is 16.5. The minimum absolute atomic E-state index is 0.0644. The molecule has 3 aromatic carbocycles. The van der Waals surface area contributed by atoms with E-state index in [1.807, 2.05) is 48.2 Å². The van der Waals surface area contributed by atoms with E-state index in [0.29, 0.717) is 30.6 Å². The number of nitriles is 1. The summed E-state index contributed by atoms with van der Waals surface area (Å²) in [6, 6.07) is 20.9. The Hall–Kier alpha value is -4.15. The van der Waals surface area contributed by atoms with Crippen LogP contribution in [-0.4, -0.2) is 42.9 Å². The van der Waals surface area contributed by atoms with Crippen LogP contribution in [0.25, 0.3) is 0 Å². The van der Waals surface area contributed by atoms with Crippen molar-refractivity contribution in [3.05, 3.63) is 94.0 Å². The number of nitrogens with zero attached hydrogens (tertiary/aromatic N) is 3. The molecule has 2 amide bonds. The van der Waals surface area contributed by atoms with Crippen molar-refractivity contribution in [3.8, 4) is 6.07 Å². The fourth-order valence-corrected chi connectivity index (χ4v) is 5.29. The van der Waals surface area contributed by atoms with Gasteiger partial charge in [0.05, 0.1) is 11.6 Å². The van der Waals surface area contributed by atoms with Crippen molar-refractivity contribution < 1.29 is 9.59 Å². The summed E-state index contributed by atoms with van der Waals surface area (Å²) >= 11 is 0. The highest BCUT2D eigenvalue weighted by Crippen LogP contribution is 2.33. The Morgan fingerprint density at radius 3 is 2.70 bits per heavy atom. The molecule has 0 saturated heterocycles. The molecule has 1 unspecified atom stereocenters. The van der Waals surface area contributed by atoms with E-state index in [1.165, 1.54) is 11.1 Å². The molecule has 5 rings (SSSR count). The number of fused-ring (bicyclic) bond motifs is 2. The third-order valence-corrected chi connectivity index (χ3v) is 7.28. The first-order chi connectivity index (χ1) is 17.9. The zero-order valence-corrected chi connectivity index (χ0v) is 21.3. The monoisotopic (exact) mass is 493 g/mol. The van der Waals surface area contributed by atoms with Crippen LogP contribution < -0.4 is 15.5 Å². The van der Waals surface area contributed by atoms with Gasteiger partial charge in [-0.15, -0.1) is 0 Å². The van der Waals surface area contributed by atoms with Crippen molar-refractivity contribution in [3.63, 3.8) is 0 Å². The Kier molecular flexibility index (Phi) is 6.93. The van der Waals surface area contributed by atoms with Crippen molar-refractivity contribution in [1.82, 2.24) is 10.2 Å². The highest BCUT2D eigenvalue weighted by molar-refractivity contribution is 6.04. The second-order valence-electron chi connectivity index (χ2n) is 9.80. The van der Waals surface area contributed by atoms with Crippen LogP contribution in [0.3, 0.4) is 0 Å². The first kappa shape index (κ1) is 24.5.